The van der Waals surface area contributed by atoms with E-state index < -0.39 is 0 Å². The number of hydrogen-bond acceptors (Lipinski definition) is 4. The number of thiocarbonyl (C=S) groups is 1. The number of ether oxygens (including phenoxy) is 2. The number of benzene rings is 3. The fourth-order valence-electron chi connectivity index (χ4n) is 3.31. The third-order valence-corrected chi connectivity index (χ3v) is 5.77. The minimum absolute atomic E-state index is 0.250. The van der Waals surface area contributed by atoms with Gasteiger partial charge in [0.15, 0.2) is 5.11 Å². The zero-order valence-corrected chi connectivity index (χ0v) is 20.0. The Labute approximate surface area is 207 Å². The third-order valence-electron chi connectivity index (χ3n) is 4.90. The summed E-state index contributed by atoms with van der Waals surface area (Å²) < 4.78 is 11.5. The average molecular weight is 499 g/mol. The Morgan fingerprint density at radius 3 is 2.52 bits per heavy atom. The average Bonchev–Trinajstić information content (AvgIpc) is 3.08. The molecule has 0 aromatic heterocycles. The van der Waals surface area contributed by atoms with Crippen LogP contribution in [0.1, 0.15) is 18.1 Å². The van der Waals surface area contributed by atoms with Gasteiger partial charge in [-0.25, -0.2) is 0 Å². The van der Waals surface area contributed by atoms with Crippen LogP contribution in [0.2, 0.25) is 10.0 Å². The Morgan fingerprint density at radius 1 is 1.03 bits per heavy atom. The van der Waals surface area contributed by atoms with Gasteiger partial charge in [0.25, 0.3) is 5.91 Å². The van der Waals surface area contributed by atoms with Crippen LogP contribution in [0.15, 0.2) is 72.4 Å². The summed E-state index contributed by atoms with van der Waals surface area (Å²) in [5.41, 5.74) is 2.55. The molecule has 0 bridgehead atoms. The maximum Gasteiger partial charge on any atom is 0.281 e. The molecule has 1 aliphatic heterocycles. The summed E-state index contributed by atoms with van der Waals surface area (Å²) in [4.78, 5) is 14.6. The number of amides is 1. The molecule has 5 nitrogen and oxygen atoms in total. The summed E-state index contributed by atoms with van der Waals surface area (Å²) >= 11 is 17.6. The Bertz CT molecular complexity index is 1230. The van der Waals surface area contributed by atoms with Gasteiger partial charge in [0.05, 0.1) is 12.3 Å². The minimum atomic E-state index is -0.250. The summed E-state index contributed by atoms with van der Waals surface area (Å²) in [6.45, 7) is 2.74. The van der Waals surface area contributed by atoms with Crippen molar-refractivity contribution in [1.29, 1.82) is 0 Å². The molecule has 0 aliphatic carbocycles. The van der Waals surface area contributed by atoms with Gasteiger partial charge in [-0.2, -0.15) is 0 Å². The van der Waals surface area contributed by atoms with Gasteiger partial charge in [-0.15, -0.1) is 0 Å². The number of anilines is 1. The molecule has 1 amide bonds. The molecule has 3 aromatic carbocycles. The van der Waals surface area contributed by atoms with E-state index in [9.17, 15) is 4.79 Å². The zero-order chi connectivity index (χ0) is 23.4. The molecule has 168 valence electrons. The summed E-state index contributed by atoms with van der Waals surface area (Å²) in [6.07, 6.45) is 1.72. The molecular formula is C25H20Cl2N2O3S. The smallest absolute Gasteiger partial charge is 0.281 e. The fraction of sp³-hybridized carbons (Fsp3) is 0.120. The van der Waals surface area contributed by atoms with E-state index in [2.05, 4.69) is 5.32 Å². The van der Waals surface area contributed by atoms with Crippen LogP contribution >= 0.6 is 35.4 Å². The largest absolute Gasteiger partial charge is 0.494 e. The minimum Gasteiger partial charge on any atom is -0.494 e. The summed E-state index contributed by atoms with van der Waals surface area (Å²) in [5.74, 6) is 1.09. The first-order valence-electron chi connectivity index (χ1n) is 10.2. The first-order chi connectivity index (χ1) is 16.0. The summed E-state index contributed by atoms with van der Waals surface area (Å²) in [6, 6.07) is 19.9. The molecule has 0 radical (unpaired) electrons. The lowest BCUT2D eigenvalue weighted by Crippen LogP contribution is -2.30. The molecule has 1 saturated heterocycles. The number of halogens is 2. The Hall–Kier alpha value is -3.06. The second-order valence-corrected chi connectivity index (χ2v) is 8.35. The molecule has 1 fully saturated rings. The van der Waals surface area contributed by atoms with Gasteiger partial charge in [-0.1, -0.05) is 47.5 Å². The summed E-state index contributed by atoms with van der Waals surface area (Å²) in [7, 11) is 0. The van der Waals surface area contributed by atoms with E-state index in [1.54, 1.807) is 30.3 Å². The standard InChI is InChI=1S/C25H20Cl2N2O3S/c1-2-31-20-11-9-19(10-12-20)29-24(30)22(28-25(29)33)13-16-5-3-4-6-23(16)32-15-17-7-8-18(26)14-21(17)27/h3-14H,2,15H2,1H3,(H,28,33)/b22-13+. The van der Waals surface area contributed by atoms with Crippen LogP contribution in [0.4, 0.5) is 5.69 Å². The molecule has 33 heavy (non-hydrogen) atoms. The Morgan fingerprint density at radius 2 is 1.79 bits per heavy atom. The number of carbonyl (C=O) groups excluding carboxylic acids is 1. The van der Waals surface area contributed by atoms with Gasteiger partial charge in [-0.05, 0) is 67.7 Å². The highest BCUT2D eigenvalue weighted by molar-refractivity contribution is 7.80. The van der Waals surface area contributed by atoms with E-state index in [-0.39, 0.29) is 12.5 Å². The number of rotatable bonds is 7. The number of hydrogen-bond donors (Lipinski definition) is 1. The van der Waals surface area contributed by atoms with Gasteiger partial charge in [0, 0.05) is 21.2 Å². The van der Waals surface area contributed by atoms with E-state index in [1.165, 1.54) is 4.90 Å². The van der Waals surface area contributed by atoms with Crippen LogP contribution in [0.3, 0.4) is 0 Å². The number of carbonyl (C=O) groups is 1. The second kappa shape index (κ2) is 10.3. The quantitative estimate of drug-likeness (QED) is 0.309. The molecule has 0 unspecified atom stereocenters. The van der Waals surface area contributed by atoms with Gasteiger partial charge >= 0.3 is 0 Å². The first kappa shape index (κ1) is 23.1. The SMILES string of the molecule is CCOc1ccc(N2C(=O)/C(=C\c3ccccc3OCc3ccc(Cl)cc3Cl)NC2=S)cc1. The topological polar surface area (TPSA) is 50.8 Å². The van der Waals surface area contributed by atoms with Gasteiger partial charge in [-0.3, -0.25) is 9.69 Å². The molecule has 8 heteroatoms. The molecule has 0 saturated carbocycles. The van der Waals surface area contributed by atoms with Gasteiger partial charge in [0.1, 0.15) is 23.8 Å². The van der Waals surface area contributed by atoms with Crippen molar-refractivity contribution in [2.75, 3.05) is 11.5 Å². The van der Waals surface area contributed by atoms with E-state index in [1.807, 2.05) is 49.4 Å². The molecule has 1 N–H and O–H groups in total. The van der Waals surface area contributed by atoms with Crippen molar-refractivity contribution in [3.63, 3.8) is 0 Å². The molecule has 4 rings (SSSR count). The molecule has 1 aliphatic rings. The first-order valence-corrected chi connectivity index (χ1v) is 11.4. The number of para-hydroxylation sites is 1. The predicted molar refractivity (Wildman–Crippen MR) is 136 cm³/mol. The number of nitrogens with one attached hydrogen (secondary N) is 1. The van der Waals surface area contributed by atoms with Crippen molar-refractivity contribution in [2.24, 2.45) is 0 Å². The third kappa shape index (κ3) is 5.30. The lowest BCUT2D eigenvalue weighted by molar-refractivity contribution is -0.113. The Balaban J connectivity index is 1.54. The van der Waals surface area contributed by atoms with Crippen LogP contribution in [0.5, 0.6) is 11.5 Å². The van der Waals surface area contributed by atoms with Crippen molar-refractivity contribution >= 4 is 58.2 Å². The van der Waals surface area contributed by atoms with Crippen molar-refractivity contribution in [2.45, 2.75) is 13.5 Å². The van der Waals surface area contributed by atoms with Crippen molar-refractivity contribution < 1.29 is 14.3 Å². The van der Waals surface area contributed by atoms with Crippen LogP contribution in [0, 0.1) is 0 Å². The highest BCUT2D eigenvalue weighted by Crippen LogP contribution is 2.28. The molecule has 0 atom stereocenters. The highest BCUT2D eigenvalue weighted by Gasteiger charge is 2.32. The second-order valence-electron chi connectivity index (χ2n) is 7.12. The van der Waals surface area contributed by atoms with E-state index in [4.69, 9.17) is 44.9 Å². The number of nitrogens with zero attached hydrogens (tertiary/aromatic N) is 1. The van der Waals surface area contributed by atoms with E-state index in [0.717, 1.165) is 16.9 Å². The lowest BCUT2D eigenvalue weighted by Gasteiger charge is -2.14. The van der Waals surface area contributed by atoms with Gasteiger partial charge in [0.2, 0.25) is 0 Å². The highest BCUT2D eigenvalue weighted by atomic mass is 35.5. The monoisotopic (exact) mass is 498 g/mol. The van der Waals surface area contributed by atoms with Crippen LogP contribution in [-0.2, 0) is 11.4 Å². The normalized spacial score (nSPS) is 14.5. The van der Waals surface area contributed by atoms with Gasteiger partial charge < -0.3 is 14.8 Å². The molecule has 0 spiro atoms. The van der Waals surface area contributed by atoms with Crippen LogP contribution in [0.25, 0.3) is 6.08 Å². The maximum absolute atomic E-state index is 13.1. The maximum atomic E-state index is 13.1. The lowest BCUT2D eigenvalue weighted by atomic mass is 10.1. The predicted octanol–water partition coefficient (Wildman–Crippen LogP) is 6.23. The van der Waals surface area contributed by atoms with Crippen LogP contribution < -0.4 is 19.7 Å². The molecule has 3 aromatic rings. The van der Waals surface area contributed by atoms with E-state index >= 15 is 0 Å². The Kier molecular flexibility index (Phi) is 7.18. The molecule has 1 heterocycles. The van der Waals surface area contributed by atoms with Crippen molar-refractivity contribution in [3.05, 3.63) is 93.6 Å². The van der Waals surface area contributed by atoms with Crippen molar-refractivity contribution in [3.8, 4) is 11.5 Å². The van der Waals surface area contributed by atoms with Crippen LogP contribution in [-0.4, -0.2) is 17.6 Å². The molecular weight excluding hydrogens is 479 g/mol. The summed E-state index contributed by atoms with van der Waals surface area (Å²) in [5, 5.41) is 4.40. The van der Waals surface area contributed by atoms with E-state index in [0.29, 0.717) is 38.9 Å². The van der Waals surface area contributed by atoms with Crippen molar-refractivity contribution in [1.82, 2.24) is 5.32 Å². The fourth-order valence-corrected chi connectivity index (χ4v) is 4.07. The zero-order valence-electron chi connectivity index (χ0n) is 17.7.